The van der Waals surface area contributed by atoms with E-state index in [0.717, 1.165) is 55.2 Å². The molecule has 1 amide bonds. The molecule has 3 heterocycles. The van der Waals surface area contributed by atoms with Crippen LogP contribution in [0.15, 0.2) is 55.1 Å². The molecular formula is C23H28N6O2. The van der Waals surface area contributed by atoms with Crippen LogP contribution in [0, 0.1) is 5.92 Å². The van der Waals surface area contributed by atoms with Gasteiger partial charge in [0.2, 0.25) is 5.91 Å². The molecule has 8 nitrogen and oxygen atoms in total. The first-order valence-corrected chi connectivity index (χ1v) is 10.6. The van der Waals surface area contributed by atoms with Gasteiger partial charge in [-0.3, -0.25) is 9.69 Å². The van der Waals surface area contributed by atoms with Crippen molar-refractivity contribution in [2.45, 2.75) is 25.8 Å². The van der Waals surface area contributed by atoms with Crippen molar-refractivity contribution in [2.75, 3.05) is 32.1 Å². The Hall–Kier alpha value is -3.10. The molecule has 1 aliphatic heterocycles. The number of benzene rings is 1. The zero-order chi connectivity index (χ0) is 21.5. The predicted molar refractivity (Wildman–Crippen MR) is 118 cm³/mol. The van der Waals surface area contributed by atoms with Crippen LogP contribution in [0.4, 0.5) is 5.69 Å². The lowest BCUT2D eigenvalue weighted by Gasteiger charge is -2.31. The van der Waals surface area contributed by atoms with Gasteiger partial charge in [0.05, 0.1) is 18.2 Å². The number of likely N-dealkylation sites (tertiary alicyclic amines) is 1. The number of carbonyl (C=O) groups excluding carboxylic acids is 1. The quantitative estimate of drug-likeness (QED) is 0.603. The van der Waals surface area contributed by atoms with E-state index in [1.54, 1.807) is 18.0 Å². The number of carbonyl (C=O) groups is 1. The van der Waals surface area contributed by atoms with Gasteiger partial charge in [0.15, 0.2) is 0 Å². The monoisotopic (exact) mass is 420 g/mol. The van der Waals surface area contributed by atoms with Crippen LogP contribution >= 0.6 is 0 Å². The maximum Gasteiger partial charge on any atom is 0.228 e. The maximum atomic E-state index is 12.9. The SMILES string of the molecule is COCCc1ncc(CN2CCC[C@H](C(=O)Nc3cccc(-n4cccn4)c3)C2)cn1. The average Bonchev–Trinajstić information content (AvgIpc) is 3.34. The number of rotatable bonds is 8. The molecule has 0 unspecified atom stereocenters. The second kappa shape index (κ2) is 10.3. The van der Waals surface area contributed by atoms with Gasteiger partial charge in [0.1, 0.15) is 5.82 Å². The van der Waals surface area contributed by atoms with Crippen LogP contribution in [0.5, 0.6) is 0 Å². The van der Waals surface area contributed by atoms with Gasteiger partial charge >= 0.3 is 0 Å². The molecule has 1 fully saturated rings. The third-order valence-corrected chi connectivity index (χ3v) is 5.45. The highest BCUT2D eigenvalue weighted by atomic mass is 16.5. The number of aromatic nitrogens is 4. The van der Waals surface area contributed by atoms with Crippen molar-refractivity contribution < 1.29 is 9.53 Å². The number of hydrogen-bond donors (Lipinski definition) is 1. The third kappa shape index (κ3) is 5.74. The third-order valence-electron chi connectivity index (χ3n) is 5.45. The normalized spacial score (nSPS) is 16.9. The molecular weight excluding hydrogens is 392 g/mol. The number of anilines is 1. The van der Waals surface area contributed by atoms with Gasteiger partial charge in [0, 0.05) is 62.7 Å². The lowest BCUT2D eigenvalue weighted by molar-refractivity contribution is -0.121. The molecule has 1 aromatic carbocycles. The number of amides is 1. The van der Waals surface area contributed by atoms with E-state index in [4.69, 9.17) is 4.74 Å². The van der Waals surface area contributed by atoms with Crippen LogP contribution in [-0.2, 0) is 22.5 Å². The molecule has 1 saturated heterocycles. The van der Waals surface area contributed by atoms with Gasteiger partial charge in [-0.1, -0.05) is 6.07 Å². The van der Waals surface area contributed by atoms with E-state index in [2.05, 4.69) is 25.3 Å². The van der Waals surface area contributed by atoms with Gasteiger partial charge in [-0.15, -0.1) is 0 Å². The van der Waals surface area contributed by atoms with E-state index >= 15 is 0 Å². The van der Waals surface area contributed by atoms with Crippen molar-refractivity contribution in [2.24, 2.45) is 5.92 Å². The molecule has 8 heteroatoms. The second-order valence-corrected chi connectivity index (χ2v) is 7.81. The van der Waals surface area contributed by atoms with Crippen LogP contribution in [-0.4, -0.2) is 57.4 Å². The maximum absolute atomic E-state index is 12.9. The van der Waals surface area contributed by atoms with Crippen molar-refractivity contribution in [3.63, 3.8) is 0 Å². The summed E-state index contributed by atoms with van der Waals surface area (Å²) in [6, 6.07) is 9.62. The van der Waals surface area contributed by atoms with Gasteiger partial charge in [-0.2, -0.15) is 5.10 Å². The van der Waals surface area contributed by atoms with E-state index in [1.165, 1.54) is 0 Å². The summed E-state index contributed by atoms with van der Waals surface area (Å²) in [4.78, 5) is 24.1. The van der Waals surface area contributed by atoms with Crippen LogP contribution in [0.3, 0.4) is 0 Å². The molecule has 3 aromatic rings. The number of methoxy groups -OCH3 is 1. The minimum Gasteiger partial charge on any atom is -0.384 e. The summed E-state index contributed by atoms with van der Waals surface area (Å²) in [7, 11) is 1.67. The molecule has 1 N–H and O–H groups in total. The van der Waals surface area contributed by atoms with Gasteiger partial charge in [0.25, 0.3) is 0 Å². The first kappa shape index (κ1) is 21.1. The molecule has 0 spiro atoms. The highest BCUT2D eigenvalue weighted by Crippen LogP contribution is 2.21. The largest absolute Gasteiger partial charge is 0.384 e. The molecule has 162 valence electrons. The van der Waals surface area contributed by atoms with Crippen molar-refractivity contribution in [1.82, 2.24) is 24.6 Å². The average molecular weight is 421 g/mol. The first-order chi connectivity index (χ1) is 15.2. The number of piperidine rings is 1. The zero-order valence-corrected chi connectivity index (χ0v) is 17.8. The molecule has 2 aromatic heterocycles. The Kier molecular flexibility index (Phi) is 7.01. The molecule has 0 bridgehead atoms. The van der Waals surface area contributed by atoms with E-state index in [-0.39, 0.29) is 11.8 Å². The topological polar surface area (TPSA) is 85.2 Å². The fourth-order valence-electron chi connectivity index (χ4n) is 3.85. The fraction of sp³-hybridized carbons (Fsp3) is 0.391. The Balaban J connectivity index is 1.33. The van der Waals surface area contributed by atoms with Gasteiger partial charge in [-0.05, 0) is 43.7 Å². The summed E-state index contributed by atoms with van der Waals surface area (Å²) in [6.07, 6.45) is 9.98. The van der Waals surface area contributed by atoms with Crippen LogP contribution in [0.1, 0.15) is 24.2 Å². The molecule has 1 atom stereocenters. The van der Waals surface area contributed by atoms with E-state index in [0.29, 0.717) is 13.0 Å². The standard InChI is InChI=1S/C23H28N6O2/c1-31-12-8-22-24-14-18(15-25-22)16-28-10-3-5-19(17-28)23(30)27-20-6-2-7-21(13-20)29-11-4-9-26-29/h2,4,6-7,9,11,13-15,19H,3,5,8,10,12,16-17H2,1H3,(H,27,30)/t19-/m0/s1. The van der Waals surface area contributed by atoms with Crippen molar-refractivity contribution in [3.05, 3.63) is 66.5 Å². The molecule has 31 heavy (non-hydrogen) atoms. The number of nitrogens with zero attached hydrogens (tertiary/aromatic N) is 5. The highest BCUT2D eigenvalue weighted by molar-refractivity contribution is 5.93. The first-order valence-electron chi connectivity index (χ1n) is 10.6. The summed E-state index contributed by atoms with van der Waals surface area (Å²) in [5.41, 5.74) is 2.77. The van der Waals surface area contributed by atoms with Crippen molar-refractivity contribution in [1.29, 1.82) is 0 Å². The summed E-state index contributed by atoms with van der Waals surface area (Å²) >= 11 is 0. The zero-order valence-electron chi connectivity index (χ0n) is 17.8. The lowest BCUT2D eigenvalue weighted by atomic mass is 9.96. The Morgan fingerprint density at radius 3 is 2.90 bits per heavy atom. The van der Waals surface area contributed by atoms with Crippen molar-refractivity contribution in [3.8, 4) is 5.69 Å². The summed E-state index contributed by atoms with van der Waals surface area (Å²) in [5.74, 6) is 0.816. The molecule has 0 aliphatic carbocycles. The van der Waals surface area contributed by atoms with Gasteiger partial charge in [-0.25, -0.2) is 14.6 Å². The lowest BCUT2D eigenvalue weighted by Crippen LogP contribution is -2.40. The summed E-state index contributed by atoms with van der Waals surface area (Å²) < 4.78 is 6.85. The van der Waals surface area contributed by atoms with Crippen LogP contribution in [0.2, 0.25) is 0 Å². The molecule has 0 saturated carbocycles. The Labute approximate surface area is 182 Å². The Morgan fingerprint density at radius 2 is 2.13 bits per heavy atom. The van der Waals surface area contributed by atoms with Crippen LogP contribution in [0.25, 0.3) is 5.69 Å². The van der Waals surface area contributed by atoms with Crippen molar-refractivity contribution >= 4 is 11.6 Å². The predicted octanol–water partition coefficient (Wildman–Crippen LogP) is 2.70. The van der Waals surface area contributed by atoms with E-state index < -0.39 is 0 Å². The minimum atomic E-state index is -0.0380. The van der Waals surface area contributed by atoms with E-state index in [9.17, 15) is 4.79 Å². The summed E-state index contributed by atoms with van der Waals surface area (Å²) in [6.45, 7) is 3.08. The number of nitrogens with one attached hydrogen (secondary N) is 1. The summed E-state index contributed by atoms with van der Waals surface area (Å²) in [5, 5.41) is 7.33. The second-order valence-electron chi connectivity index (χ2n) is 7.81. The molecule has 1 aliphatic rings. The fourth-order valence-corrected chi connectivity index (χ4v) is 3.85. The number of ether oxygens (including phenoxy) is 1. The Bertz CT molecular complexity index is 974. The molecule has 4 rings (SSSR count). The smallest absolute Gasteiger partial charge is 0.228 e. The highest BCUT2D eigenvalue weighted by Gasteiger charge is 2.26. The Morgan fingerprint density at radius 1 is 1.26 bits per heavy atom. The molecule has 0 radical (unpaired) electrons. The van der Waals surface area contributed by atoms with Crippen LogP contribution < -0.4 is 5.32 Å². The number of hydrogen-bond acceptors (Lipinski definition) is 6. The van der Waals surface area contributed by atoms with Gasteiger partial charge < -0.3 is 10.1 Å². The van der Waals surface area contributed by atoms with E-state index in [1.807, 2.05) is 48.9 Å². The minimum absolute atomic E-state index is 0.0380.